The summed E-state index contributed by atoms with van der Waals surface area (Å²) in [6, 6.07) is 11.7. The number of carboxylic acid groups (broad SMARTS) is 1. The molecule has 5 heteroatoms. The molecule has 0 saturated heterocycles. The van der Waals surface area contributed by atoms with Crippen LogP contribution in [-0.4, -0.2) is 25.2 Å². The molecule has 0 aliphatic rings. The summed E-state index contributed by atoms with van der Waals surface area (Å²) in [5.41, 5.74) is 0.964. The number of nitrogens with zero attached hydrogens (tertiary/aromatic N) is 1. The minimum Gasteiger partial charge on any atom is -0.497 e. The first-order valence-corrected chi connectivity index (χ1v) is 6.39. The van der Waals surface area contributed by atoms with Gasteiger partial charge in [0.1, 0.15) is 17.1 Å². The highest BCUT2D eigenvalue weighted by atomic mass is 19.1. The third-order valence-corrected chi connectivity index (χ3v) is 3.17. The van der Waals surface area contributed by atoms with Crippen LogP contribution in [0, 0.1) is 5.82 Å². The first-order chi connectivity index (χ1) is 10.0. The third kappa shape index (κ3) is 3.31. The average Bonchev–Trinajstić information content (AvgIpc) is 2.46. The van der Waals surface area contributed by atoms with E-state index in [0.717, 1.165) is 17.4 Å². The quantitative estimate of drug-likeness (QED) is 0.918. The lowest BCUT2D eigenvalue weighted by atomic mass is 10.1. The van der Waals surface area contributed by atoms with Crippen LogP contribution in [0.5, 0.6) is 5.75 Å². The summed E-state index contributed by atoms with van der Waals surface area (Å²) < 4.78 is 18.8. The molecule has 0 heterocycles. The number of carbonyl (C=O) groups is 1. The zero-order valence-electron chi connectivity index (χ0n) is 11.8. The van der Waals surface area contributed by atoms with E-state index in [-0.39, 0.29) is 5.56 Å². The maximum Gasteiger partial charge on any atom is 0.340 e. The van der Waals surface area contributed by atoms with Crippen molar-refractivity contribution < 1.29 is 19.0 Å². The van der Waals surface area contributed by atoms with Gasteiger partial charge in [-0.2, -0.15) is 0 Å². The van der Waals surface area contributed by atoms with Crippen LogP contribution >= 0.6 is 0 Å². The van der Waals surface area contributed by atoms with E-state index in [1.807, 2.05) is 24.3 Å². The van der Waals surface area contributed by atoms with Gasteiger partial charge in [-0.15, -0.1) is 0 Å². The van der Waals surface area contributed by atoms with Crippen LogP contribution in [0.4, 0.5) is 10.1 Å². The maximum atomic E-state index is 13.7. The van der Waals surface area contributed by atoms with E-state index in [1.54, 1.807) is 25.1 Å². The van der Waals surface area contributed by atoms with Crippen LogP contribution in [0.15, 0.2) is 42.5 Å². The second kappa shape index (κ2) is 6.26. The first kappa shape index (κ1) is 14.8. The van der Waals surface area contributed by atoms with Gasteiger partial charge in [-0.25, -0.2) is 9.18 Å². The van der Waals surface area contributed by atoms with Crippen LogP contribution in [0.2, 0.25) is 0 Å². The smallest absolute Gasteiger partial charge is 0.340 e. The molecule has 0 amide bonds. The minimum absolute atomic E-state index is 0.317. The van der Waals surface area contributed by atoms with Crippen molar-refractivity contribution in [1.82, 2.24) is 0 Å². The molecule has 0 bridgehead atoms. The molecular formula is C16H16FNO3. The number of benzene rings is 2. The molecule has 1 N–H and O–H groups in total. The Balaban J connectivity index is 2.30. The molecule has 2 aromatic carbocycles. The largest absolute Gasteiger partial charge is 0.497 e. The second-order valence-electron chi connectivity index (χ2n) is 4.65. The summed E-state index contributed by atoms with van der Waals surface area (Å²) in [6.45, 7) is 0.445. The van der Waals surface area contributed by atoms with Gasteiger partial charge in [0.15, 0.2) is 0 Å². The number of rotatable bonds is 5. The van der Waals surface area contributed by atoms with Crippen molar-refractivity contribution in [3.63, 3.8) is 0 Å². The summed E-state index contributed by atoms with van der Waals surface area (Å²) in [4.78, 5) is 12.9. The average molecular weight is 289 g/mol. The molecule has 110 valence electrons. The molecule has 0 spiro atoms. The second-order valence-corrected chi connectivity index (χ2v) is 4.65. The zero-order chi connectivity index (χ0) is 15.4. The zero-order valence-corrected chi connectivity index (χ0v) is 11.8. The Morgan fingerprint density at radius 1 is 1.29 bits per heavy atom. The molecule has 0 aliphatic heterocycles. The molecule has 4 nitrogen and oxygen atoms in total. The van der Waals surface area contributed by atoms with Crippen LogP contribution in [-0.2, 0) is 6.54 Å². The fraction of sp³-hybridized carbons (Fsp3) is 0.188. The van der Waals surface area contributed by atoms with Gasteiger partial charge in [-0.3, -0.25) is 0 Å². The van der Waals surface area contributed by atoms with Crippen LogP contribution in [0.25, 0.3) is 0 Å². The fourth-order valence-electron chi connectivity index (χ4n) is 2.17. The number of methoxy groups -OCH3 is 1. The van der Waals surface area contributed by atoms with Crippen molar-refractivity contribution in [2.45, 2.75) is 6.54 Å². The Morgan fingerprint density at radius 2 is 2.00 bits per heavy atom. The molecular weight excluding hydrogens is 273 g/mol. The predicted molar refractivity (Wildman–Crippen MR) is 78.5 cm³/mol. The number of hydrogen-bond donors (Lipinski definition) is 1. The summed E-state index contributed by atoms with van der Waals surface area (Å²) in [5, 5.41) is 9.16. The molecule has 0 aliphatic carbocycles. The summed E-state index contributed by atoms with van der Waals surface area (Å²) >= 11 is 0. The monoisotopic (exact) mass is 289 g/mol. The Bertz CT molecular complexity index is 658. The maximum absolute atomic E-state index is 13.7. The molecule has 0 saturated carbocycles. The molecule has 0 unspecified atom stereocenters. The number of anilines is 1. The highest BCUT2D eigenvalue weighted by Gasteiger charge is 2.18. The predicted octanol–water partition coefficient (Wildman–Crippen LogP) is 3.17. The SMILES string of the molecule is COc1cccc(CN(C)c2cccc(F)c2C(=O)O)c1. The number of ether oxygens (including phenoxy) is 1. The third-order valence-electron chi connectivity index (χ3n) is 3.17. The first-order valence-electron chi connectivity index (χ1n) is 6.39. The van der Waals surface area contributed by atoms with Crippen molar-refractivity contribution in [3.8, 4) is 5.75 Å². The molecule has 2 aromatic rings. The number of carboxylic acids is 1. The van der Waals surface area contributed by atoms with Crippen molar-refractivity contribution in [3.05, 3.63) is 59.4 Å². The van der Waals surface area contributed by atoms with Crippen LogP contribution < -0.4 is 9.64 Å². The molecule has 21 heavy (non-hydrogen) atoms. The number of hydrogen-bond acceptors (Lipinski definition) is 3. The lowest BCUT2D eigenvalue weighted by Gasteiger charge is -2.21. The van der Waals surface area contributed by atoms with Crippen molar-refractivity contribution in [2.75, 3.05) is 19.1 Å². The van der Waals surface area contributed by atoms with Gasteiger partial charge in [-0.05, 0) is 29.8 Å². The summed E-state index contributed by atoms with van der Waals surface area (Å²) in [7, 11) is 3.30. The minimum atomic E-state index is -1.28. The standard InChI is InChI=1S/C16H16FNO3/c1-18(10-11-5-3-6-12(9-11)21-2)14-8-4-7-13(17)15(14)16(19)20/h3-9H,10H2,1-2H3,(H,19,20). The van der Waals surface area contributed by atoms with Gasteiger partial charge < -0.3 is 14.7 Å². The van der Waals surface area contributed by atoms with E-state index in [1.165, 1.54) is 6.07 Å². The Hall–Kier alpha value is -2.56. The van der Waals surface area contributed by atoms with Crippen molar-refractivity contribution >= 4 is 11.7 Å². The molecule has 0 aromatic heterocycles. The van der Waals surface area contributed by atoms with E-state index in [9.17, 15) is 9.18 Å². The van der Waals surface area contributed by atoms with Crippen molar-refractivity contribution in [2.24, 2.45) is 0 Å². The van der Waals surface area contributed by atoms with E-state index >= 15 is 0 Å². The van der Waals surface area contributed by atoms with Gasteiger partial charge in [0.25, 0.3) is 0 Å². The molecule has 2 rings (SSSR count). The van der Waals surface area contributed by atoms with Gasteiger partial charge >= 0.3 is 5.97 Å². The fourth-order valence-corrected chi connectivity index (χ4v) is 2.17. The highest BCUT2D eigenvalue weighted by Crippen LogP contribution is 2.24. The van der Waals surface area contributed by atoms with Gasteiger partial charge in [-0.1, -0.05) is 18.2 Å². The van der Waals surface area contributed by atoms with Crippen LogP contribution in [0.1, 0.15) is 15.9 Å². The summed E-state index contributed by atoms with van der Waals surface area (Å²) in [6.07, 6.45) is 0. The van der Waals surface area contributed by atoms with E-state index in [0.29, 0.717) is 12.2 Å². The molecule has 0 atom stereocenters. The Labute approximate surface area is 122 Å². The van der Waals surface area contributed by atoms with Gasteiger partial charge in [0.2, 0.25) is 0 Å². The summed E-state index contributed by atoms with van der Waals surface area (Å²) in [5.74, 6) is -1.29. The Morgan fingerprint density at radius 3 is 2.67 bits per heavy atom. The number of halogens is 1. The van der Waals surface area contributed by atoms with Gasteiger partial charge in [0.05, 0.1) is 12.8 Å². The topological polar surface area (TPSA) is 49.8 Å². The normalized spacial score (nSPS) is 10.2. The van der Waals surface area contributed by atoms with E-state index in [2.05, 4.69) is 0 Å². The lowest BCUT2D eigenvalue weighted by Crippen LogP contribution is -2.20. The van der Waals surface area contributed by atoms with Gasteiger partial charge in [0, 0.05) is 13.6 Å². The van der Waals surface area contributed by atoms with E-state index < -0.39 is 11.8 Å². The highest BCUT2D eigenvalue weighted by molar-refractivity contribution is 5.94. The van der Waals surface area contributed by atoms with Crippen LogP contribution in [0.3, 0.4) is 0 Å². The van der Waals surface area contributed by atoms with Crippen molar-refractivity contribution in [1.29, 1.82) is 0 Å². The molecule has 0 fully saturated rings. The lowest BCUT2D eigenvalue weighted by molar-refractivity contribution is 0.0692. The number of aromatic carboxylic acids is 1. The molecule has 0 radical (unpaired) electrons. The Kier molecular flexibility index (Phi) is 4.42. The van der Waals surface area contributed by atoms with E-state index in [4.69, 9.17) is 9.84 Å².